The lowest BCUT2D eigenvalue weighted by molar-refractivity contribution is -0.133. The van der Waals surface area contributed by atoms with E-state index >= 15 is 0 Å². The van der Waals surface area contributed by atoms with Gasteiger partial charge in [0.25, 0.3) is 0 Å². The van der Waals surface area contributed by atoms with E-state index < -0.39 is 18.7 Å². The van der Waals surface area contributed by atoms with Gasteiger partial charge in [0, 0.05) is 73.2 Å². The number of aryl methyl sites for hydroxylation is 2. The van der Waals surface area contributed by atoms with E-state index in [1.165, 1.54) is 22.8 Å². The Morgan fingerprint density at radius 2 is 1.80 bits per heavy atom. The molecule has 2 fully saturated rings. The first kappa shape index (κ1) is 32.7. The first-order valence-electron chi connectivity index (χ1n) is 16.3. The minimum atomic E-state index is -4.25. The van der Waals surface area contributed by atoms with Crippen molar-refractivity contribution in [2.24, 2.45) is 5.92 Å². The summed E-state index contributed by atoms with van der Waals surface area (Å²) in [5.41, 5.74) is 4.82. The minimum Gasteiger partial charge on any atom is -0.391 e. The quantitative estimate of drug-likeness (QED) is 0.215. The fourth-order valence-corrected chi connectivity index (χ4v) is 8.16. The molecule has 2 aliphatic heterocycles. The zero-order valence-electron chi connectivity index (χ0n) is 26.7. The summed E-state index contributed by atoms with van der Waals surface area (Å²) in [6.45, 7) is 10.8. The number of alkyl halides is 3. The number of fused-ring (bicyclic) bond motifs is 2. The Balaban J connectivity index is 1.06. The van der Waals surface area contributed by atoms with Gasteiger partial charge >= 0.3 is 6.18 Å². The lowest BCUT2D eigenvalue weighted by atomic mass is 9.91. The number of nitrogens with zero attached hydrogens (tertiary/aromatic N) is 5. The molecule has 1 aromatic carbocycles. The summed E-state index contributed by atoms with van der Waals surface area (Å²) < 4.78 is 41.0. The Morgan fingerprint density at radius 3 is 2.50 bits per heavy atom. The van der Waals surface area contributed by atoms with E-state index in [1.807, 2.05) is 11.8 Å². The number of hydrogen-bond acceptors (Lipinski definition) is 7. The van der Waals surface area contributed by atoms with Gasteiger partial charge in [-0.05, 0) is 74.8 Å². The molecule has 0 bridgehead atoms. The van der Waals surface area contributed by atoms with Crippen LogP contribution in [-0.4, -0.2) is 79.8 Å². The maximum absolute atomic E-state index is 12.9. The summed E-state index contributed by atoms with van der Waals surface area (Å²) in [6, 6.07) is 8.38. The SMILES string of the molecule is CCC(=O)N1CCC(C(O)Cn2c(C)cc3c(C)c(CN4CCC(Nc5ncnc6sc(CC(F)(F)F)cc56)CC4)ccc32)CC1. The van der Waals surface area contributed by atoms with Crippen LogP contribution in [0.4, 0.5) is 19.0 Å². The molecule has 1 atom stereocenters. The fraction of sp³-hybridized carbons (Fsp3) is 0.559. The first-order chi connectivity index (χ1) is 22.0. The van der Waals surface area contributed by atoms with Crippen LogP contribution in [0.2, 0.25) is 0 Å². The van der Waals surface area contributed by atoms with Gasteiger partial charge in [0.2, 0.25) is 5.91 Å². The number of carbonyl (C=O) groups excluding carboxylic acids is 1. The molecule has 46 heavy (non-hydrogen) atoms. The van der Waals surface area contributed by atoms with Crippen molar-refractivity contribution in [3.8, 4) is 0 Å². The number of amides is 1. The second kappa shape index (κ2) is 13.5. The summed E-state index contributed by atoms with van der Waals surface area (Å²) in [6.07, 6.45) is -0.226. The van der Waals surface area contributed by atoms with Crippen molar-refractivity contribution in [2.75, 3.05) is 31.5 Å². The highest BCUT2D eigenvalue weighted by atomic mass is 32.1. The highest BCUT2D eigenvalue weighted by Gasteiger charge is 2.30. The van der Waals surface area contributed by atoms with Crippen molar-refractivity contribution in [1.82, 2.24) is 24.3 Å². The van der Waals surface area contributed by atoms with Gasteiger partial charge in [0.1, 0.15) is 17.0 Å². The summed E-state index contributed by atoms with van der Waals surface area (Å²) in [5.74, 6) is 0.989. The van der Waals surface area contributed by atoms with E-state index in [2.05, 4.69) is 56.8 Å². The van der Waals surface area contributed by atoms with Crippen LogP contribution in [0.5, 0.6) is 0 Å². The molecule has 6 rings (SSSR count). The zero-order valence-corrected chi connectivity index (χ0v) is 27.6. The average molecular weight is 657 g/mol. The topological polar surface area (TPSA) is 86.5 Å². The van der Waals surface area contributed by atoms with Crippen molar-refractivity contribution in [1.29, 1.82) is 0 Å². The fourth-order valence-electron chi connectivity index (χ4n) is 7.14. The zero-order chi connectivity index (χ0) is 32.6. The van der Waals surface area contributed by atoms with Gasteiger partial charge in [0.15, 0.2) is 0 Å². The Morgan fingerprint density at radius 1 is 1.07 bits per heavy atom. The molecule has 1 amide bonds. The van der Waals surface area contributed by atoms with Crippen molar-refractivity contribution in [3.05, 3.63) is 52.3 Å². The van der Waals surface area contributed by atoms with Crippen LogP contribution in [0, 0.1) is 19.8 Å². The molecule has 0 spiro atoms. The van der Waals surface area contributed by atoms with Crippen LogP contribution in [0.25, 0.3) is 21.1 Å². The third kappa shape index (κ3) is 7.18. The number of carbonyl (C=O) groups is 1. The van der Waals surface area contributed by atoms with Gasteiger partial charge in [0.05, 0.1) is 17.9 Å². The third-order valence-corrected chi connectivity index (χ3v) is 10.9. The first-order valence-corrected chi connectivity index (χ1v) is 17.1. The molecular weight excluding hydrogens is 613 g/mol. The highest BCUT2D eigenvalue weighted by molar-refractivity contribution is 7.18. The molecular formula is C34H43F3N6O2S. The average Bonchev–Trinajstić information content (AvgIpc) is 3.58. The second-order valence-electron chi connectivity index (χ2n) is 13.0. The summed E-state index contributed by atoms with van der Waals surface area (Å²) in [4.78, 5) is 25.8. The normalized spacial score (nSPS) is 18.1. The number of anilines is 1. The van der Waals surface area contributed by atoms with Gasteiger partial charge in [-0.1, -0.05) is 13.0 Å². The Labute approximate surface area is 271 Å². The standard InChI is InChI=1S/C34H43F3N6O2S/c1-4-31(45)42-13-7-23(8-14-42)30(44)19-43-21(2)15-27-22(3)24(5-6-29(27)43)18-41-11-9-25(10-12-41)40-32-28-16-26(17-34(35,36)37)46-33(28)39-20-38-32/h5-6,15-16,20,23,25,30,44H,4,7-14,17-19H2,1-3H3,(H,38,39,40). The van der Waals surface area contributed by atoms with Crippen LogP contribution in [0.1, 0.15) is 60.7 Å². The molecule has 0 aliphatic carbocycles. The number of hydrogen-bond donors (Lipinski definition) is 2. The maximum Gasteiger partial charge on any atom is 0.393 e. The van der Waals surface area contributed by atoms with Gasteiger partial charge in [-0.25, -0.2) is 9.97 Å². The number of aliphatic hydroxyl groups is 1. The number of aromatic nitrogens is 3. The number of halogens is 3. The Bertz CT molecular complexity index is 1690. The van der Waals surface area contributed by atoms with E-state index in [9.17, 15) is 23.1 Å². The lowest BCUT2D eigenvalue weighted by Crippen LogP contribution is -2.41. The number of thiophene rings is 1. The van der Waals surface area contributed by atoms with Crippen molar-refractivity contribution >= 4 is 44.2 Å². The second-order valence-corrected chi connectivity index (χ2v) is 14.1. The lowest BCUT2D eigenvalue weighted by Gasteiger charge is -2.34. The number of likely N-dealkylation sites (tertiary alicyclic amines) is 2. The molecule has 2 N–H and O–H groups in total. The number of benzene rings is 1. The molecule has 3 aromatic heterocycles. The Hall–Kier alpha value is -3.22. The minimum absolute atomic E-state index is 0.186. The van der Waals surface area contributed by atoms with Crippen molar-refractivity contribution < 1.29 is 23.1 Å². The van der Waals surface area contributed by atoms with Gasteiger partial charge in [-0.15, -0.1) is 11.3 Å². The van der Waals surface area contributed by atoms with Crippen LogP contribution in [0.3, 0.4) is 0 Å². The molecule has 2 aliphatic rings. The molecule has 5 heterocycles. The molecule has 12 heteroatoms. The molecule has 8 nitrogen and oxygen atoms in total. The summed E-state index contributed by atoms with van der Waals surface area (Å²) in [7, 11) is 0. The molecule has 0 saturated carbocycles. The molecule has 248 valence electrons. The van der Waals surface area contributed by atoms with Crippen molar-refractivity contribution in [3.63, 3.8) is 0 Å². The maximum atomic E-state index is 12.9. The van der Waals surface area contributed by atoms with Crippen LogP contribution < -0.4 is 5.32 Å². The molecule has 0 radical (unpaired) electrons. The van der Waals surface area contributed by atoms with Crippen LogP contribution >= 0.6 is 11.3 Å². The number of piperidine rings is 2. The van der Waals surface area contributed by atoms with Gasteiger partial charge in [-0.2, -0.15) is 13.2 Å². The van der Waals surface area contributed by atoms with Crippen molar-refractivity contribution in [2.45, 2.75) is 90.7 Å². The monoisotopic (exact) mass is 656 g/mol. The van der Waals surface area contributed by atoms with Gasteiger partial charge < -0.3 is 19.9 Å². The van der Waals surface area contributed by atoms with E-state index in [-0.39, 0.29) is 22.7 Å². The predicted octanol–water partition coefficient (Wildman–Crippen LogP) is 6.45. The molecule has 4 aromatic rings. The van der Waals surface area contributed by atoms with E-state index in [4.69, 9.17) is 0 Å². The third-order valence-electron chi connectivity index (χ3n) is 9.86. The molecule has 1 unspecified atom stereocenters. The highest BCUT2D eigenvalue weighted by Crippen LogP contribution is 2.34. The van der Waals surface area contributed by atoms with Crippen LogP contribution in [-0.2, 0) is 24.3 Å². The van der Waals surface area contributed by atoms with Gasteiger partial charge in [-0.3, -0.25) is 9.69 Å². The largest absolute Gasteiger partial charge is 0.393 e. The number of nitrogens with one attached hydrogen (secondary N) is 1. The number of rotatable bonds is 9. The smallest absolute Gasteiger partial charge is 0.391 e. The van der Waals surface area contributed by atoms with Crippen LogP contribution in [0.15, 0.2) is 30.6 Å². The predicted molar refractivity (Wildman–Crippen MR) is 176 cm³/mol. The molecule has 2 saturated heterocycles. The van der Waals surface area contributed by atoms with E-state index in [0.717, 1.165) is 81.0 Å². The summed E-state index contributed by atoms with van der Waals surface area (Å²) >= 11 is 1.07. The number of aliphatic hydroxyl groups excluding tert-OH is 1. The van der Waals surface area contributed by atoms with E-state index in [0.29, 0.717) is 29.0 Å². The Kier molecular flexibility index (Phi) is 9.59. The van der Waals surface area contributed by atoms with E-state index in [1.54, 1.807) is 6.07 Å². The summed E-state index contributed by atoms with van der Waals surface area (Å²) in [5, 5.41) is 16.5.